The zero-order valence-corrected chi connectivity index (χ0v) is 10.4. The standard InChI is InChI=1S/C13H17N3O/c1-9-4-5-12(17-3)11(6-9)13-15-8-10(16-13)7-14-2/h4-6,8,14H,7H2,1-3H3,(H,15,16). The number of imidazole rings is 1. The average Bonchev–Trinajstić information content (AvgIpc) is 2.78. The second-order valence-corrected chi connectivity index (χ2v) is 3.99. The number of hydrogen-bond donors (Lipinski definition) is 2. The summed E-state index contributed by atoms with van der Waals surface area (Å²) < 4.78 is 5.35. The molecule has 4 heteroatoms. The van der Waals surface area contributed by atoms with Crippen LogP contribution in [0.2, 0.25) is 0 Å². The molecule has 4 nitrogen and oxygen atoms in total. The van der Waals surface area contributed by atoms with Gasteiger partial charge in [-0.15, -0.1) is 0 Å². The van der Waals surface area contributed by atoms with Crippen molar-refractivity contribution in [1.29, 1.82) is 0 Å². The summed E-state index contributed by atoms with van der Waals surface area (Å²) in [4.78, 5) is 7.66. The molecule has 0 atom stereocenters. The van der Waals surface area contributed by atoms with Crippen molar-refractivity contribution in [2.45, 2.75) is 13.5 Å². The molecule has 0 unspecified atom stereocenters. The Labute approximate surface area is 101 Å². The van der Waals surface area contributed by atoms with Crippen LogP contribution in [0.15, 0.2) is 24.4 Å². The highest BCUT2D eigenvalue weighted by molar-refractivity contribution is 5.65. The molecule has 0 bridgehead atoms. The van der Waals surface area contributed by atoms with Gasteiger partial charge in [0.25, 0.3) is 0 Å². The quantitative estimate of drug-likeness (QED) is 0.847. The lowest BCUT2D eigenvalue weighted by atomic mass is 10.1. The van der Waals surface area contributed by atoms with E-state index in [0.717, 1.165) is 29.4 Å². The van der Waals surface area contributed by atoms with Crippen LogP contribution in [0.5, 0.6) is 5.75 Å². The zero-order chi connectivity index (χ0) is 12.3. The van der Waals surface area contributed by atoms with Gasteiger partial charge < -0.3 is 15.0 Å². The molecule has 0 saturated heterocycles. The van der Waals surface area contributed by atoms with Gasteiger partial charge in [-0.2, -0.15) is 0 Å². The van der Waals surface area contributed by atoms with Crippen molar-refractivity contribution in [3.63, 3.8) is 0 Å². The third-order valence-electron chi connectivity index (χ3n) is 2.61. The van der Waals surface area contributed by atoms with E-state index in [-0.39, 0.29) is 0 Å². The first-order valence-corrected chi connectivity index (χ1v) is 5.58. The summed E-state index contributed by atoms with van der Waals surface area (Å²) in [5, 5.41) is 3.09. The minimum atomic E-state index is 0.779. The van der Waals surface area contributed by atoms with Gasteiger partial charge in [-0.05, 0) is 26.1 Å². The maximum atomic E-state index is 5.35. The topological polar surface area (TPSA) is 49.9 Å². The van der Waals surface area contributed by atoms with Crippen molar-refractivity contribution >= 4 is 0 Å². The van der Waals surface area contributed by atoms with E-state index in [1.165, 1.54) is 5.56 Å². The van der Waals surface area contributed by atoms with E-state index in [9.17, 15) is 0 Å². The molecule has 2 N–H and O–H groups in total. The maximum Gasteiger partial charge on any atom is 0.141 e. The number of nitrogens with zero attached hydrogens (tertiary/aromatic N) is 1. The Balaban J connectivity index is 2.40. The first kappa shape index (κ1) is 11.7. The van der Waals surface area contributed by atoms with Crippen LogP contribution >= 0.6 is 0 Å². The Morgan fingerprint density at radius 1 is 1.41 bits per heavy atom. The second-order valence-electron chi connectivity index (χ2n) is 3.99. The van der Waals surface area contributed by atoms with Gasteiger partial charge in [-0.25, -0.2) is 4.98 Å². The van der Waals surface area contributed by atoms with Gasteiger partial charge >= 0.3 is 0 Å². The second kappa shape index (κ2) is 5.01. The van der Waals surface area contributed by atoms with E-state index in [2.05, 4.69) is 28.3 Å². The van der Waals surface area contributed by atoms with Gasteiger partial charge in [0.2, 0.25) is 0 Å². The van der Waals surface area contributed by atoms with E-state index < -0.39 is 0 Å². The summed E-state index contributed by atoms with van der Waals surface area (Å²) in [5.41, 5.74) is 3.24. The monoisotopic (exact) mass is 231 g/mol. The molecule has 0 aliphatic heterocycles. The zero-order valence-electron chi connectivity index (χ0n) is 10.4. The Morgan fingerprint density at radius 3 is 2.94 bits per heavy atom. The summed E-state index contributed by atoms with van der Waals surface area (Å²) in [6.45, 7) is 2.83. The van der Waals surface area contributed by atoms with E-state index in [1.54, 1.807) is 7.11 Å². The number of methoxy groups -OCH3 is 1. The number of hydrogen-bond acceptors (Lipinski definition) is 3. The first-order valence-electron chi connectivity index (χ1n) is 5.58. The fourth-order valence-corrected chi connectivity index (χ4v) is 1.78. The number of aromatic nitrogens is 2. The highest BCUT2D eigenvalue weighted by Gasteiger charge is 2.09. The minimum absolute atomic E-state index is 0.779. The number of rotatable bonds is 4. The lowest BCUT2D eigenvalue weighted by Gasteiger charge is -2.07. The molecule has 2 rings (SSSR count). The van der Waals surface area contributed by atoms with Crippen molar-refractivity contribution in [3.05, 3.63) is 35.7 Å². The number of ether oxygens (including phenoxy) is 1. The van der Waals surface area contributed by atoms with Crippen LogP contribution in [-0.4, -0.2) is 24.1 Å². The van der Waals surface area contributed by atoms with Gasteiger partial charge in [0.05, 0.1) is 12.7 Å². The van der Waals surface area contributed by atoms with Gasteiger partial charge in [-0.1, -0.05) is 11.6 Å². The van der Waals surface area contributed by atoms with E-state index >= 15 is 0 Å². The number of H-pyrrole nitrogens is 1. The smallest absolute Gasteiger partial charge is 0.141 e. The lowest BCUT2D eigenvalue weighted by molar-refractivity contribution is 0.416. The molecule has 1 heterocycles. The summed E-state index contributed by atoms with van der Waals surface area (Å²) in [7, 11) is 3.58. The Hall–Kier alpha value is -1.81. The molecule has 17 heavy (non-hydrogen) atoms. The molecule has 1 aromatic carbocycles. The van der Waals surface area contributed by atoms with Crippen LogP contribution in [-0.2, 0) is 6.54 Å². The van der Waals surface area contributed by atoms with Gasteiger partial charge in [0.1, 0.15) is 11.6 Å². The molecule has 2 aromatic rings. The Bertz CT molecular complexity index is 505. The van der Waals surface area contributed by atoms with E-state index in [0.29, 0.717) is 0 Å². The van der Waals surface area contributed by atoms with Crippen LogP contribution in [0.4, 0.5) is 0 Å². The normalized spacial score (nSPS) is 10.5. The number of benzene rings is 1. The molecular formula is C13H17N3O. The third-order valence-corrected chi connectivity index (χ3v) is 2.61. The van der Waals surface area contributed by atoms with Crippen molar-refractivity contribution in [1.82, 2.24) is 15.3 Å². The molecule has 1 aromatic heterocycles. The van der Waals surface area contributed by atoms with E-state index in [1.807, 2.05) is 25.4 Å². The Kier molecular flexibility index (Phi) is 3.44. The fourth-order valence-electron chi connectivity index (χ4n) is 1.78. The predicted octanol–water partition coefficient (Wildman–Crippen LogP) is 2.11. The highest BCUT2D eigenvalue weighted by Crippen LogP contribution is 2.28. The first-order chi connectivity index (χ1) is 8.24. The largest absolute Gasteiger partial charge is 0.496 e. The number of nitrogens with one attached hydrogen (secondary N) is 2. The summed E-state index contributed by atoms with van der Waals surface area (Å²) in [5.74, 6) is 1.68. The summed E-state index contributed by atoms with van der Waals surface area (Å²) in [6.07, 6.45) is 1.84. The molecule has 0 aliphatic carbocycles. The SMILES string of the molecule is CNCc1cnc(-c2cc(C)ccc2OC)[nH]1. The molecule has 0 aliphatic rings. The van der Waals surface area contributed by atoms with E-state index in [4.69, 9.17) is 4.74 Å². The van der Waals surface area contributed by atoms with Gasteiger partial charge in [0.15, 0.2) is 0 Å². The van der Waals surface area contributed by atoms with Gasteiger partial charge in [0, 0.05) is 18.4 Å². The number of aryl methyl sites for hydroxylation is 1. The lowest BCUT2D eigenvalue weighted by Crippen LogP contribution is -2.04. The molecule has 0 saturated carbocycles. The third kappa shape index (κ3) is 2.47. The number of aromatic amines is 1. The van der Waals surface area contributed by atoms with Crippen LogP contribution < -0.4 is 10.1 Å². The van der Waals surface area contributed by atoms with Crippen molar-refractivity contribution in [2.75, 3.05) is 14.2 Å². The Morgan fingerprint density at radius 2 is 2.24 bits per heavy atom. The highest BCUT2D eigenvalue weighted by atomic mass is 16.5. The predicted molar refractivity (Wildman–Crippen MR) is 68.1 cm³/mol. The fraction of sp³-hybridized carbons (Fsp3) is 0.308. The van der Waals surface area contributed by atoms with Crippen LogP contribution in [0.25, 0.3) is 11.4 Å². The molecule has 0 radical (unpaired) electrons. The summed E-state index contributed by atoms with van der Waals surface area (Å²) in [6, 6.07) is 6.06. The van der Waals surface area contributed by atoms with Crippen molar-refractivity contribution in [2.24, 2.45) is 0 Å². The molecule has 0 fully saturated rings. The van der Waals surface area contributed by atoms with Gasteiger partial charge in [-0.3, -0.25) is 0 Å². The molecule has 0 spiro atoms. The van der Waals surface area contributed by atoms with Crippen LogP contribution in [0.3, 0.4) is 0 Å². The van der Waals surface area contributed by atoms with Crippen LogP contribution in [0, 0.1) is 6.92 Å². The molecule has 90 valence electrons. The van der Waals surface area contributed by atoms with Crippen LogP contribution in [0.1, 0.15) is 11.3 Å². The molecule has 0 amide bonds. The average molecular weight is 231 g/mol. The van der Waals surface area contributed by atoms with Crippen molar-refractivity contribution < 1.29 is 4.74 Å². The summed E-state index contributed by atoms with van der Waals surface area (Å²) >= 11 is 0. The minimum Gasteiger partial charge on any atom is -0.496 e. The van der Waals surface area contributed by atoms with Crippen molar-refractivity contribution in [3.8, 4) is 17.1 Å². The molecular weight excluding hydrogens is 214 g/mol. The maximum absolute atomic E-state index is 5.35.